The highest BCUT2D eigenvalue weighted by atomic mass is 19.1. The fraction of sp³-hybridized carbons (Fsp3) is 0.406. The van der Waals surface area contributed by atoms with Crippen LogP contribution in [0.1, 0.15) is 41.7 Å². The Balaban J connectivity index is 1.30. The van der Waals surface area contributed by atoms with E-state index in [2.05, 4.69) is 15.6 Å². The summed E-state index contributed by atoms with van der Waals surface area (Å²) in [6.07, 6.45) is 2.21. The Kier molecular flexibility index (Phi) is 8.64. The number of ether oxygens (including phenoxy) is 2. The van der Waals surface area contributed by atoms with Gasteiger partial charge in [-0.2, -0.15) is 0 Å². The average molecular weight is 593 g/mol. The molecule has 6 rings (SSSR count). The van der Waals surface area contributed by atoms with Crippen molar-refractivity contribution in [3.8, 4) is 16.9 Å². The molecule has 0 unspecified atom stereocenters. The first-order valence-electron chi connectivity index (χ1n) is 14.6. The maximum Gasteiger partial charge on any atom is 0.255 e. The van der Waals surface area contributed by atoms with Gasteiger partial charge in [-0.1, -0.05) is 12.1 Å². The van der Waals surface area contributed by atoms with Crippen LogP contribution in [-0.2, 0) is 16.1 Å². The van der Waals surface area contributed by atoms with Gasteiger partial charge in [0.15, 0.2) is 0 Å². The molecule has 9 nitrogen and oxygen atoms in total. The lowest BCUT2D eigenvalue weighted by atomic mass is 9.99. The van der Waals surface area contributed by atoms with Gasteiger partial charge in [-0.05, 0) is 61.2 Å². The molecule has 2 saturated heterocycles. The molecule has 11 heteroatoms. The van der Waals surface area contributed by atoms with Crippen molar-refractivity contribution in [3.05, 3.63) is 83.7 Å². The van der Waals surface area contributed by atoms with Crippen LogP contribution < -0.4 is 15.4 Å². The van der Waals surface area contributed by atoms with Crippen LogP contribution >= 0.6 is 0 Å². The molecule has 2 amide bonds. The van der Waals surface area contributed by atoms with Gasteiger partial charge < -0.3 is 25.2 Å². The zero-order valence-electron chi connectivity index (χ0n) is 23.5. The lowest BCUT2D eigenvalue weighted by molar-refractivity contribution is -0.133. The molecule has 3 aliphatic rings. The van der Waals surface area contributed by atoms with E-state index < -0.39 is 29.9 Å². The number of nitrogens with zero attached hydrogens (tertiary/aromatic N) is 2. The van der Waals surface area contributed by atoms with Crippen LogP contribution in [0, 0.1) is 11.6 Å². The summed E-state index contributed by atoms with van der Waals surface area (Å²) in [4.78, 5) is 33.4. The van der Waals surface area contributed by atoms with E-state index in [0.29, 0.717) is 44.3 Å². The van der Waals surface area contributed by atoms with E-state index in [1.807, 2.05) is 23.1 Å². The number of benzene rings is 2. The van der Waals surface area contributed by atoms with Gasteiger partial charge in [-0.3, -0.25) is 19.5 Å². The molecule has 3 aromatic rings. The molecule has 2 fully saturated rings. The Hall–Kier alpha value is -3.93. The van der Waals surface area contributed by atoms with Crippen LogP contribution in [0.5, 0.6) is 5.75 Å². The molecule has 3 N–H and O–H groups in total. The van der Waals surface area contributed by atoms with E-state index in [4.69, 9.17) is 9.47 Å². The Morgan fingerprint density at radius 1 is 1.02 bits per heavy atom. The smallest absolute Gasteiger partial charge is 0.255 e. The molecule has 0 spiro atoms. The van der Waals surface area contributed by atoms with Crippen molar-refractivity contribution >= 4 is 11.8 Å². The van der Waals surface area contributed by atoms with Gasteiger partial charge in [-0.25, -0.2) is 8.78 Å². The summed E-state index contributed by atoms with van der Waals surface area (Å²) in [6, 6.07) is 12.8. The van der Waals surface area contributed by atoms with E-state index >= 15 is 0 Å². The monoisotopic (exact) mass is 592 g/mol. The van der Waals surface area contributed by atoms with Crippen molar-refractivity contribution in [1.29, 1.82) is 0 Å². The summed E-state index contributed by atoms with van der Waals surface area (Å²) in [5, 5.41) is 16.6. The third-order valence-electron chi connectivity index (χ3n) is 8.36. The predicted molar refractivity (Wildman–Crippen MR) is 153 cm³/mol. The number of rotatable bonds is 3. The second-order valence-electron chi connectivity index (χ2n) is 11.3. The fourth-order valence-corrected chi connectivity index (χ4v) is 6.10. The number of amides is 2. The molecule has 2 aromatic carbocycles. The van der Waals surface area contributed by atoms with Crippen LogP contribution in [-0.4, -0.2) is 76.9 Å². The number of hydrogen-bond acceptors (Lipinski definition) is 7. The van der Waals surface area contributed by atoms with Gasteiger partial charge in [0.05, 0.1) is 36.1 Å². The van der Waals surface area contributed by atoms with Crippen molar-refractivity contribution in [3.63, 3.8) is 0 Å². The quantitative estimate of drug-likeness (QED) is 0.428. The van der Waals surface area contributed by atoms with Crippen LogP contribution in [0.15, 0.2) is 60.8 Å². The summed E-state index contributed by atoms with van der Waals surface area (Å²) in [5.74, 6) is -1.73. The summed E-state index contributed by atoms with van der Waals surface area (Å²) < 4.78 is 40.4. The molecule has 1 aromatic heterocycles. The van der Waals surface area contributed by atoms with Crippen molar-refractivity contribution in [2.45, 2.75) is 62.6 Å². The van der Waals surface area contributed by atoms with Gasteiger partial charge in [0.2, 0.25) is 5.91 Å². The first-order chi connectivity index (χ1) is 20.8. The molecule has 4 bridgehead atoms. The largest absolute Gasteiger partial charge is 0.493 e. The molecular formula is C32H34F2N4O5. The number of likely N-dealkylation sites (tertiary alicyclic amines) is 1. The molecule has 4 heterocycles. The minimum Gasteiger partial charge on any atom is -0.493 e. The van der Waals surface area contributed by atoms with E-state index in [9.17, 15) is 23.5 Å². The lowest BCUT2D eigenvalue weighted by Gasteiger charge is -2.34. The molecular weight excluding hydrogens is 558 g/mol. The lowest BCUT2D eigenvalue weighted by Crippen LogP contribution is -2.50. The molecule has 43 heavy (non-hydrogen) atoms. The minimum atomic E-state index is -0.721. The van der Waals surface area contributed by atoms with Crippen molar-refractivity contribution < 1.29 is 33.0 Å². The van der Waals surface area contributed by atoms with Crippen LogP contribution in [0.4, 0.5) is 8.78 Å². The average Bonchev–Trinajstić information content (AvgIpc) is 3.39. The normalized spacial score (nSPS) is 26.6. The maximum atomic E-state index is 14.6. The van der Waals surface area contributed by atoms with E-state index in [1.54, 1.807) is 24.4 Å². The zero-order valence-corrected chi connectivity index (χ0v) is 23.5. The Bertz CT molecular complexity index is 1480. The van der Waals surface area contributed by atoms with E-state index in [-0.39, 0.29) is 54.0 Å². The second kappa shape index (κ2) is 12.7. The Morgan fingerprint density at radius 3 is 2.70 bits per heavy atom. The van der Waals surface area contributed by atoms with Gasteiger partial charge >= 0.3 is 0 Å². The predicted octanol–water partition coefficient (Wildman–Crippen LogP) is 3.21. The Labute approximate surface area is 248 Å². The first kappa shape index (κ1) is 29.2. The van der Waals surface area contributed by atoms with Gasteiger partial charge in [0.25, 0.3) is 5.91 Å². The molecule has 0 radical (unpaired) electrons. The molecule has 3 aliphatic heterocycles. The van der Waals surface area contributed by atoms with Crippen LogP contribution in [0.2, 0.25) is 0 Å². The number of aliphatic hydroxyl groups is 1. The van der Waals surface area contributed by atoms with E-state index in [1.165, 1.54) is 12.1 Å². The number of fused-ring (bicyclic) bond motifs is 5. The highest BCUT2D eigenvalue weighted by Gasteiger charge is 2.39. The molecule has 0 aliphatic carbocycles. The third kappa shape index (κ3) is 6.69. The topological polar surface area (TPSA) is 113 Å². The first-order valence-corrected chi connectivity index (χ1v) is 14.6. The van der Waals surface area contributed by atoms with Gasteiger partial charge in [0.1, 0.15) is 23.5 Å². The summed E-state index contributed by atoms with van der Waals surface area (Å²) >= 11 is 0. The van der Waals surface area contributed by atoms with E-state index in [0.717, 1.165) is 11.8 Å². The van der Waals surface area contributed by atoms with Crippen LogP contribution in [0.25, 0.3) is 11.1 Å². The molecule has 5 atom stereocenters. The maximum absolute atomic E-state index is 14.6. The second-order valence-corrected chi connectivity index (χ2v) is 11.3. The molecule has 226 valence electrons. The number of nitrogens with one attached hydrogen (secondary N) is 2. The minimum absolute atomic E-state index is 0.164. The highest BCUT2D eigenvalue weighted by molar-refractivity contribution is 5.98. The van der Waals surface area contributed by atoms with Gasteiger partial charge in [0, 0.05) is 49.9 Å². The SMILES string of the molecule is O=C1N[C@H]2C[C@@H](C(=O)NC[C@H]3O[C@H](CCOc4cc(-c5ccc(F)cc5F)ccc41)CC[C@@H]3O)N(Cc1ccccn1)C2. The van der Waals surface area contributed by atoms with Crippen LogP contribution in [0.3, 0.4) is 0 Å². The van der Waals surface area contributed by atoms with Gasteiger partial charge in [-0.15, -0.1) is 0 Å². The number of pyridine rings is 1. The number of hydrogen-bond donors (Lipinski definition) is 3. The third-order valence-corrected chi connectivity index (χ3v) is 8.36. The summed E-state index contributed by atoms with van der Waals surface area (Å²) in [5.41, 5.74) is 1.68. The summed E-state index contributed by atoms with van der Waals surface area (Å²) in [6.45, 7) is 1.21. The number of carbonyl (C=O) groups excluding carboxylic acids is 2. The fourth-order valence-electron chi connectivity index (χ4n) is 6.10. The van der Waals surface area contributed by atoms with Crippen molar-refractivity contribution in [2.75, 3.05) is 19.7 Å². The molecule has 0 saturated carbocycles. The number of halogens is 2. The highest BCUT2D eigenvalue weighted by Crippen LogP contribution is 2.31. The number of carbonyl (C=O) groups is 2. The zero-order chi connectivity index (χ0) is 29.9. The summed E-state index contributed by atoms with van der Waals surface area (Å²) in [7, 11) is 0. The Morgan fingerprint density at radius 2 is 1.88 bits per heavy atom. The number of aliphatic hydroxyl groups excluding tert-OH is 1. The number of aromatic nitrogens is 1. The standard InChI is InChI=1S/C32H34F2N4O5/c33-20-5-8-24(26(34)14-20)19-4-7-25-29(13-19)42-12-10-23-6-9-28(39)30(43-23)16-36-32(41)27-15-22(37-31(25)40)18-38(27)17-21-3-1-2-11-35-21/h1-5,7-8,11,13-14,22-23,27-28,30,39H,6,9-10,12,15-18H2,(H,36,41)(H,37,40)/t22-,23-,27-,28-,30+/m0/s1. The van der Waals surface area contributed by atoms with Crippen molar-refractivity contribution in [2.24, 2.45) is 0 Å². The van der Waals surface area contributed by atoms with Crippen molar-refractivity contribution in [1.82, 2.24) is 20.5 Å².